The van der Waals surface area contributed by atoms with Gasteiger partial charge in [-0.1, -0.05) is 62.4 Å². The molecule has 2 aromatic carbocycles. The maximum Gasteiger partial charge on any atom is 0.338 e. The van der Waals surface area contributed by atoms with E-state index in [1.54, 1.807) is 13.0 Å². The number of hydrogen-bond donors (Lipinski definition) is 1. The van der Waals surface area contributed by atoms with Crippen molar-refractivity contribution in [1.29, 1.82) is 5.26 Å². The van der Waals surface area contributed by atoms with Gasteiger partial charge in [0.1, 0.15) is 10.5 Å². The van der Waals surface area contributed by atoms with Crippen LogP contribution in [0.15, 0.2) is 58.9 Å². The lowest BCUT2D eigenvalue weighted by Crippen LogP contribution is -2.40. The minimum absolute atomic E-state index is 0.0438. The summed E-state index contributed by atoms with van der Waals surface area (Å²) in [7, 11) is 0. The Balaban J connectivity index is 2.03. The summed E-state index contributed by atoms with van der Waals surface area (Å²) in [6.07, 6.45) is 3.57. The molecule has 0 bridgehead atoms. The Kier molecular flexibility index (Phi) is 7.04. The highest BCUT2D eigenvalue weighted by Crippen LogP contribution is 2.36. The predicted octanol–water partition coefficient (Wildman–Crippen LogP) is 3.03. The third-order valence-corrected chi connectivity index (χ3v) is 7.28. The lowest BCUT2D eigenvalue weighted by Gasteiger charge is -2.24. The van der Waals surface area contributed by atoms with Crippen LogP contribution in [0.2, 0.25) is 0 Å². The molecule has 0 amide bonds. The fourth-order valence-corrected chi connectivity index (χ4v) is 5.40. The second-order valence-corrected chi connectivity index (χ2v) is 9.26. The molecule has 0 aliphatic carbocycles. The van der Waals surface area contributed by atoms with Gasteiger partial charge in [0.25, 0.3) is 5.56 Å². The summed E-state index contributed by atoms with van der Waals surface area (Å²) < 4.78 is 7.48. The molecular formula is C28H27N3O3S. The average Bonchev–Trinajstić information content (AvgIpc) is 3.20. The number of ether oxygens (including phenoxy) is 1. The number of aryl methyl sites for hydroxylation is 2. The second kappa shape index (κ2) is 10.2. The summed E-state index contributed by atoms with van der Waals surface area (Å²) in [5, 5.41) is 10.1. The van der Waals surface area contributed by atoms with Crippen molar-refractivity contribution in [3.05, 3.63) is 95.9 Å². The lowest BCUT2D eigenvalue weighted by molar-refractivity contribution is -0.136. The lowest BCUT2D eigenvalue weighted by atomic mass is 9.83. The number of fused-ring (bicyclic) bond motifs is 1. The molecule has 3 aromatic rings. The summed E-state index contributed by atoms with van der Waals surface area (Å²) in [6.45, 7) is 6.04. The Morgan fingerprint density at radius 2 is 1.69 bits per heavy atom. The van der Waals surface area contributed by atoms with Crippen LogP contribution in [0.3, 0.4) is 0 Å². The van der Waals surface area contributed by atoms with Crippen LogP contribution in [0.4, 0.5) is 0 Å². The van der Waals surface area contributed by atoms with Crippen molar-refractivity contribution in [3.63, 3.8) is 0 Å². The first-order valence-corrected chi connectivity index (χ1v) is 12.5. The third-order valence-electron chi connectivity index (χ3n) is 6.17. The minimum Gasteiger partial charge on any atom is -0.463 e. The molecule has 7 heteroatoms. The molecule has 0 spiro atoms. The minimum atomic E-state index is -0.723. The normalized spacial score (nSPS) is 15.7. The summed E-state index contributed by atoms with van der Waals surface area (Å²) in [5.74, 6) is -1.24. The molecule has 178 valence electrons. The van der Waals surface area contributed by atoms with E-state index in [9.17, 15) is 14.9 Å². The number of rotatable bonds is 6. The van der Waals surface area contributed by atoms with E-state index in [0.717, 1.165) is 29.5 Å². The number of nitrogens with zero attached hydrogens (tertiary/aromatic N) is 2. The monoisotopic (exact) mass is 485 g/mol. The number of allylic oxidation sites excluding steroid dienone is 1. The SMILES string of the molecule is CCOC(=O)C1=c2s/c(=C\c3ccc(CC)cc3)c(=O)n2C(N)=C(C#N)[C@@H]1c1ccc(CC)cc1. The van der Waals surface area contributed by atoms with Gasteiger partial charge in [-0.15, -0.1) is 11.3 Å². The number of carbonyl (C=O) groups excluding carboxylic acids is 1. The first-order valence-electron chi connectivity index (χ1n) is 11.7. The molecule has 0 fully saturated rings. The Morgan fingerprint density at radius 1 is 1.09 bits per heavy atom. The van der Waals surface area contributed by atoms with Crippen molar-refractivity contribution in [2.75, 3.05) is 6.61 Å². The van der Waals surface area contributed by atoms with Crippen LogP contribution in [0, 0.1) is 11.3 Å². The van der Waals surface area contributed by atoms with Crippen LogP contribution in [0.1, 0.15) is 48.9 Å². The van der Waals surface area contributed by atoms with E-state index in [-0.39, 0.29) is 29.1 Å². The van der Waals surface area contributed by atoms with Gasteiger partial charge in [-0.25, -0.2) is 4.79 Å². The highest BCUT2D eigenvalue weighted by atomic mass is 32.1. The maximum atomic E-state index is 13.4. The van der Waals surface area contributed by atoms with Gasteiger partial charge in [0, 0.05) is 0 Å². The van der Waals surface area contributed by atoms with Gasteiger partial charge in [0.05, 0.1) is 34.3 Å². The molecule has 1 aliphatic heterocycles. The van der Waals surface area contributed by atoms with E-state index >= 15 is 0 Å². The molecule has 0 saturated heterocycles. The number of esters is 1. The molecule has 4 rings (SSSR count). The molecule has 35 heavy (non-hydrogen) atoms. The van der Waals surface area contributed by atoms with Gasteiger partial charge >= 0.3 is 5.97 Å². The number of thiazole rings is 1. The Bertz CT molecular complexity index is 1520. The van der Waals surface area contributed by atoms with Crippen molar-refractivity contribution in [1.82, 2.24) is 4.57 Å². The molecule has 0 unspecified atom stereocenters. The van der Waals surface area contributed by atoms with Crippen LogP contribution in [-0.4, -0.2) is 17.1 Å². The van der Waals surface area contributed by atoms with Gasteiger partial charge in [-0.2, -0.15) is 5.26 Å². The van der Waals surface area contributed by atoms with Gasteiger partial charge in [-0.05, 0) is 48.1 Å². The number of aromatic nitrogens is 1. The van der Waals surface area contributed by atoms with E-state index in [0.29, 0.717) is 9.20 Å². The quantitative estimate of drug-likeness (QED) is 0.541. The van der Waals surface area contributed by atoms with Crippen molar-refractivity contribution < 1.29 is 9.53 Å². The molecular weight excluding hydrogens is 458 g/mol. The van der Waals surface area contributed by atoms with Crippen molar-refractivity contribution >= 4 is 34.8 Å². The van der Waals surface area contributed by atoms with Gasteiger partial charge in [0.15, 0.2) is 0 Å². The first kappa shape index (κ1) is 24.2. The largest absolute Gasteiger partial charge is 0.463 e. The van der Waals surface area contributed by atoms with Crippen LogP contribution in [-0.2, 0) is 22.4 Å². The highest BCUT2D eigenvalue weighted by Gasteiger charge is 2.36. The zero-order chi connectivity index (χ0) is 25.1. The molecule has 1 aliphatic rings. The smallest absolute Gasteiger partial charge is 0.338 e. The average molecular weight is 486 g/mol. The fourth-order valence-electron chi connectivity index (χ4n) is 4.23. The standard InChI is InChI=1S/C28H27N3O3S/c1-4-17-7-9-19(10-8-17)15-22-26(32)31-25(30)21(16-29)23(20-13-11-18(5-2)12-14-20)24(27(31)35-22)28(33)34-6-3/h7-15,23H,4-6,30H2,1-3H3/b22-15-/t23-/m0/s1. The first-order chi connectivity index (χ1) is 16.9. The molecule has 2 heterocycles. The Hall–Kier alpha value is -3.89. The van der Waals surface area contributed by atoms with Gasteiger partial charge < -0.3 is 10.5 Å². The van der Waals surface area contributed by atoms with Crippen LogP contribution in [0.5, 0.6) is 0 Å². The Labute approximate surface area is 207 Å². The summed E-state index contributed by atoms with van der Waals surface area (Å²) in [5.41, 5.74) is 10.4. The maximum absolute atomic E-state index is 13.4. The second-order valence-electron chi connectivity index (χ2n) is 8.22. The molecule has 1 atom stereocenters. The molecule has 2 N–H and O–H groups in total. The van der Waals surface area contributed by atoms with E-state index in [1.165, 1.54) is 21.5 Å². The zero-order valence-corrected chi connectivity index (χ0v) is 20.8. The van der Waals surface area contributed by atoms with Gasteiger partial charge in [0.2, 0.25) is 0 Å². The number of benzene rings is 2. The van der Waals surface area contributed by atoms with Crippen molar-refractivity contribution in [2.45, 2.75) is 39.5 Å². The van der Waals surface area contributed by atoms with Crippen LogP contribution < -0.4 is 20.5 Å². The van der Waals surface area contributed by atoms with Crippen LogP contribution >= 0.6 is 11.3 Å². The van der Waals surface area contributed by atoms with E-state index in [2.05, 4.69) is 19.9 Å². The molecule has 0 saturated carbocycles. The topological polar surface area (TPSA) is 98.1 Å². The molecule has 0 radical (unpaired) electrons. The summed E-state index contributed by atoms with van der Waals surface area (Å²) >= 11 is 1.18. The van der Waals surface area contributed by atoms with Crippen molar-refractivity contribution in [2.24, 2.45) is 5.73 Å². The zero-order valence-electron chi connectivity index (χ0n) is 20.0. The van der Waals surface area contributed by atoms with E-state index < -0.39 is 11.9 Å². The number of nitrogens with two attached hydrogens (primary N) is 1. The predicted molar refractivity (Wildman–Crippen MR) is 139 cm³/mol. The third kappa shape index (κ3) is 4.45. The van der Waals surface area contributed by atoms with Gasteiger partial charge in [-0.3, -0.25) is 9.36 Å². The Morgan fingerprint density at radius 3 is 2.23 bits per heavy atom. The number of carbonyl (C=O) groups is 1. The highest BCUT2D eigenvalue weighted by molar-refractivity contribution is 7.07. The molecule has 6 nitrogen and oxygen atoms in total. The van der Waals surface area contributed by atoms with E-state index in [1.807, 2.05) is 48.5 Å². The number of nitriles is 1. The fraction of sp³-hybridized carbons (Fsp3) is 0.250. The summed E-state index contributed by atoms with van der Waals surface area (Å²) in [4.78, 5) is 26.7. The molecule has 1 aromatic heterocycles. The van der Waals surface area contributed by atoms with Crippen molar-refractivity contribution in [3.8, 4) is 6.07 Å². The number of hydrogen-bond acceptors (Lipinski definition) is 6. The van der Waals surface area contributed by atoms with E-state index in [4.69, 9.17) is 10.5 Å². The summed E-state index contributed by atoms with van der Waals surface area (Å²) in [6, 6.07) is 17.8. The van der Waals surface area contributed by atoms with Crippen LogP contribution in [0.25, 0.3) is 17.5 Å².